The standard InChI is InChI=1S/C24H31Cl2N3O6/c25-17-15-19(26)22-18(1-2-21(30)34-13-7-28-3-9-32-10-4-28)23(27-20(22)16-17)24(31)35-14-8-29-5-11-33-12-6-29/h15-16,27H,1-14H2. The lowest BCUT2D eigenvalue weighted by Crippen LogP contribution is -2.38. The Morgan fingerprint density at radius 2 is 1.51 bits per heavy atom. The summed E-state index contributed by atoms with van der Waals surface area (Å²) in [6.45, 7) is 7.95. The number of benzene rings is 1. The summed E-state index contributed by atoms with van der Waals surface area (Å²) in [5, 5.41) is 1.52. The summed E-state index contributed by atoms with van der Waals surface area (Å²) in [5.41, 5.74) is 1.54. The number of esters is 2. The van der Waals surface area contributed by atoms with Gasteiger partial charge in [0, 0.05) is 61.6 Å². The summed E-state index contributed by atoms with van der Waals surface area (Å²) in [6, 6.07) is 3.33. The molecule has 11 heteroatoms. The molecule has 1 aromatic carbocycles. The Labute approximate surface area is 214 Å². The summed E-state index contributed by atoms with van der Waals surface area (Å²) < 4.78 is 21.6. The second kappa shape index (κ2) is 12.9. The van der Waals surface area contributed by atoms with E-state index in [4.69, 9.17) is 42.1 Å². The molecule has 0 bridgehead atoms. The number of aryl methyl sites for hydroxylation is 1. The molecule has 2 saturated heterocycles. The predicted octanol–water partition coefficient (Wildman–Crippen LogP) is 2.77. The predicted molar refractivity (Wildman–Crippen MR) is 132 cm³/mol. The van der Waals surface area contributed by atoms with E-state index in [1.807, 2.05) is 0 Å². The third kappa shape index (κ3) is 7.31. The van der Waals surface area contributed by atoms with Crippen LogP contribution in [0, 0.1) is 0 Å². The van der Waals surface area contributed by atoms with E-state index in [1.165, 1.54) is 0 Å². The van der Waals surface area contributed by atoms with Crippen molar-refractivity contribution < 1.29 is 28.5 Å². The van der Waals surface area contributed by atoms with Gasteiger partial charge < -0.3 is 23.9 Å². The van der Waals surface area contributed by atoms with Gasteiger partial charge in [-0.05, 0) is 24.1 Å². The number of fused-ring (bicyclic) bond motifs is 1. The highest BCUT2D eigenvalue weighted by Crippen LogP contribution is 2.33. The molecule has 0 aliphatic carbocycles. The molecule has 0 amide bonds. The van der Waals surface area contributed by atoms with Crippen LogP contribution in [0.1, 0.15) is 22.5 Å². The molecule has 4 rings (SSSR count). The van der Waals surface area contributed by atoms with E-state index in [0.717, 1.165) is 26.2 Å². The smallest absolute Gasteiger partial charge is 0.355 e. The second-order valence-electron chi connectivity index (χ2n) is 8.55. The van der Waals surface area contributed by atoms with Gasteiger partial charge in [-0.1, -0.05) is 23.2 Å². The molecule has 192 valence electrons. The number of nitrogens with one attached hydrogen (secondary N) is 1. The number of carbonyl (C=O) groups excluding carboxylic acids is 2. The van der Waals surface area contributed by atoms with E-state index < -0.39 is 5.97 Å². The summed E-state index contributed by atoms with van der Waals surface area (Å²) in [7, 11) is 0. The van der Waals surface area contributed by atoms with Gasteiger partial charge in [-0.3, -0.25) is 14.6 Å². The lowest BCUT2D eigenvalue weighted by atomic mass is 10.1. The highest BCUT2D eigenvalue weighted by molar-refractivity contribution is 6.39. The number of aromatic amines is 1. The highest BCUT2D eigenvalue weighted by atomic mass is 35.5. The van der Waals surface area contributed by atoms with Crippen molar-refractivity contribution >= 4 is 46.0 Å². The van der Waals surface area contributed by atoms with Gasteiger partial charge >= 0.3 is 11.9 Å². The summed E-state index contributed by atoms with van der Waals surface area (Å²) in [5.74, 6) is -0.818. The minimum absolute atomic E-state index is 0.114. The van der Waals surface area contributed by atoms with Crippen LogP contribution in [0.15, 0.2) is 12.1 Å². The van der Waals surface area contributed by atoms with Crippen molar-refractivity contribution in [2.45, 2.75) is 12.8 Å². The first-order valence-electron chi connectivity index (χ1n) is 11.9. The number of ether oxygens (including phenoxy) is 4. The van der Waals surface area contributed by atoms with Crippen LogP contribution in [0.25, 0.3) is 10.9 Å². The number of carbonyl (C=O) groups is 2. The summed E-state index contributed by atoms with van der Waals surface area (Å²) >= 11 is 12.6. The molecule has 0 radical (unpaired) electrons. The topological polar surface area (TPSA) is 93.3 Å². The van der Waals surface area contributed by atoms with Crippen molar-refractivity contribution in [2.24, 2.45) is 0 Å². The fourth-order valence-electron chi connectivity index (χ4n) is 4.32. The van der Waals surface area contributed by atoms with E-state index in [1.54, 1.807) is 12.1 Å². The molecule has 1 aromatic heterocycles. The van der Waals surface area contributed by atoms with Crippen LogP contribution in [-0.4, -0.2) is 106 Å². The maximum absolute atomic E-state index is 13.0. The van der Waals surface area contributed by atoms with Gasteiger partial charge in [0.2, 0.25) is 0 Å². The zero-order valence-corrected chi connectivity index (χ0v) is 21.2. The number of halogens is 2. The molecular weight excluding hydrogens is 497 g/mol. The van der Waals surface area contributed by atoms with Crippen molar-refractivity contribution in [3.8, 4) is 0 Å². The Morgan fingerprint density at radius 1 is 0.914 bits per heavy atom. The van der Waals surface area contributed by atoms with Crippen molar-refractivity contribution in [3.05, 3.63) is 33.4 Å². The molecule has 0 saturated carbocycles. The zero-order chi connectivity index (χ0) is 24.6. The van der Waals surface area contributed by atoms with Crippen LogP contribution in [0.5, 0.6) is 0 Å². The molecule has 0 spiro atoms. The lowest BCUT2D eigenvalue weighted by molar-refractivity contribution is -0.144. The number of nitrogens with zero attached hydrogens (tertiary/aromatic N) is 2. The number of H-pyrrole nitrogens is 1. The van der Waals surface area contributed by atoms with Crippen LogP contribution in [-0.2, 0) is 30.2 Å². The number of morpholine rings is 2. The maximum atomic E-state index is 13.0. The van der Waals surface area contributed by atoms with Crippen LogP contribution in [0.3, 0.4) is 0 Å². The van der Waals surface area contributed by atoms with Crippen LogP contribution >= 0.6 is 23.2 Å². The van der Waals surface area contributed by atoms with Gasteiger partial charge in [0.25, 0.3) is 0 Å². The largest absolute Gasteiger partial charge is 0.464 e. The fourth-order valence-corrected chi connectivity index (χ4v) is 4.92. The minimum atomic E-state index is -0.489. The lowest BCUT2D eigenvalue weighted by Gasteiger charge is -2.26. The van der Waals surface area contributed by atoms with E-state index in [0.29, 0.717) is 72.6 Å². The van der Waals surface area contributed by atoms with Crippen LogP contribution < -0.4 is 0 Å². The molecule has 3 heterocycles. The third-order valence-electron chi connectivity index (χ3n) is 6.22. The van der Waals surface area contributed by atoms with Crippen molar-refractivity contribution in [3.63, 3.8) is 0 Å². The van der Waals surface area contributed by atoms with E-state index in [9.17, 15) is 9.59 Å². The zero-order valence-electron chi connectivity index (χ0n) is 19.7. The van der Waals surface area contributed by atoms with E-state index in [-0.39, 0.29) is 31.1 Å². The van der Waals surface area contributed by atoms with E-state index >= 15 is 0 Å². The number of rotatable bonds is 10. The Hall–Kier alpha value is -1.88. The number of aromatic nitrogens is 1. The molecule has 35 heavy (non-hydrogen) atoms. The fraction of sp³-hybridized carbons (Fsp3) is 0.583. The minimum Gasteiger partial charge on any atom is -0.464 e. The van der Waals surface area contributed by atoms with Gasteiger partial charge in [-0.2, -0.15) is 0 Å². The van der Waals surface area contributed by atoms with Gasteiger partial charge in [0.1, 0.15) is 18.9 Å². The number of hydrogen-bond donors (Lipinski definition) is 1. The Balaban J connectivity index is 1.37. The molecular formula is C24H31Cl2N3O6. The summed E-state index contributed by atoms with van der Waals surface area (Å²) in [4.78, 5) is 32.9. The third-order valence-corrected chi connectivity index (χ3v) is 6.74. The summed E-state index contributed by atoms with van der Waals surface area (Å²) in [6.07, 6.45) is 0.398. The first-order valence-corrected chi connectivity index (χ1v) is 12.7. The van der Waals surface area contributed by atoms with Crippen molar-refractivity contribution in [2.75, 3.05) is 78.9 Å². The Bertz CT molecular complexity index is 1020. The Morgan fingerprint density at radius 3 is 2.14 bits per heavy atom. The average molecular weight is 528 g/mol. The maximum Gasteiger partial charge on any atom is 0.355 e. The molecule has 2 aliphatic heterocycles. The van der Waals surface area contributed by atoms with Crippen molar-refractivity contribution in [1.29, 1.82) is 0 Å². The normalized spacial score (nSPS) is 17.5. The molecule has 2 aliphatic rings. The first kappa shape index (κ1) is 26.2. The second-order valence-corrected chi connectivity index (χ2v) is 9.40. The van der Waals surface area contributed by atoms with Crippen molar-refractivity contribution in [1.82, 2.24) is 14.8 Å². The molecule has 0 atom stereocenters. The van der Waals surface area contributed by atoms with Gasteiger partial charge in [-0.25, -0.2) is 4.79 Å². The van der Waals surface area contributed by atoms with Crippen LogP contribution in [0.2, 0.25) is 10.0 Å². The molecule has 0 unspecified atom stereocenters. The van der Waals surface area contributed by atoms with Gasteiger partial charge in [0.05, 0.1) is 31.5 Å². The SMILES string of the molecule is O=C(CCc1c(C(=O)OCCN2CCOCC2)[nH]c2cc(Cl)cc(Cl)c12)OCCN1CCOCC1. The van der Waals surface area contributed by atoms with Gasteiger partial charge in [-0.15, -0.1) is 0 Å². The van der Waals surface area contributed by atoms with Crippen LogP contribution in [0.4, 0.5) is 0 Å². The van der Waals surface area contributed by atoms with E-state index in [2.05, 4.69) is 14.8 Å². The molecule has 1 N–H and O–H groups in total. The highest BCUT2D eigenvalue weighted by Gasteiger charge is 2.23. The first-order chi connectivity index (χ1) is 17.0. The average Bonchev–Trinajstić information content (AvgIpc) is 3.23. The quantitative estimate of drug-likeness (QED) is 0.471. The molecule has 2 aromatic rings. The number of hydrogen-bond acceptors (Lipinski definition) is 8. The Kier molecular flexibility index (Phi) is 9.65. The molecule has 2 fully saturated rings. The molecule has 9 nitrogen and oxygen atoms in total. The monoisotopic (exact) mass is 527 g/mol. The van der Waals surface area contributed by atoms with Gasteiger partial charge in [0.15, 0.2) is 0 Å².